The van der Waals surface area contributed by atoms with Gasteiger partial charge in [-0.05, 0) is 34.6 Å². The molecule has 0 aliphatic heterocycles. The molecule has 2 rings (SSSR count). The zero-order valence-corrected chi connectivity index (χ0v) is 12.2. The van der Waals surface area contributed by atoms with Gasteiger partial charge in [0, 0.05) is 16.3 Å². The van der Waals surface area contributed by atoms with Gasteiger partial charge in [-0.25, -0.2) is 9.37 Å². The van der Waals surface area contributed by atoms with E-state index in [9.17, 15) is 9.18 Å². The molecule has 100 valence electrons. The van der Waals surface area contributed by atoms with Gasteiger partial charge >= 0.3 is 0 Å². The first-order chi connectivity index (χ1) is 9.11. The van der Waals surface area contributed by atoms with Crippen molar-refractivity contribution in [2.75, 3.05) is 11.9 Å². The topological polar surface area (TPSA) is 68.0 Å². The molecule has 0 saturated heterocycles. The molecule has 0 bridgehead atoms. The summed E-state index contributed by atoms with van der Waals surface area (Å²) in [7, 11) is 0. The average Bonchev–Trinajstić information content (AvgIpc) is 2.83. The van der Waals surface area contributed by atoms with Crippen molar-refractivity contribution < 1.29 is 9.18 Å². The first-order valence-electron chi connectivity index (χ1n) is 5.51. The lowest BCUT2D eigenvalue weighted by Gasteiger charge is -2.06. The molecule has 3 N–H and O–H groups in total. The number of benzene rings is 1. The van der Waals surface area contributed by atoms with E-state index < -0.39 is 11.7 Å². The molecule has 0 unspecified atom stereocenters. The van der Waals surface area contributed by atoms with Gasteiger partial charge in [-0.3, -0.25) is 4.79 Å². The van der Waals surface area contributed by atoms with Gasteiger partial charge in [-0.15, -0.1) is 11.3 Å². The van der Waals surface area contributed by atoms with Gasteiger partial charge in [0.05, 0.1) is 10.7 Å². The zero-order chi connectivity index (χ0) is 13.8. The molecule has 0 aliphatic rings. The zero-order valence-electron chi connectivity index (χ0n) is 9.82. The number of rotatable bonds is 4. The lowest BCUT2D eigenvalue weighted by atomic mass is 10.3. The van der Waals surface area contributed by atoms with Crippen LogP contribution < -0.4 is 11.1 Å². The second kappa shape index (κ2) is 6.23. The van der Waals surface area contributed by atoms with E-state index >= 15 is 0 Å². The summed E-state index contributed by atoms with van der Waals surface area (Å²) in [4.78, 5) is 16.1. The Kier molecular flexibility index (Phi) is 4.62. The summed E-state index contributed by atoms with van der Waals surface area (Å²) in [6.07, 6.45) is 0.626. The average molecular weight is 344 g/mol. The molecule has 2 aromatic rings. The third-order valence-corrected chi connectivity index (χ3v) is 3.91. The van der Waals surface area contributed by atoms with E-state index in [4.69, 9.17) is 5.73 Å². The van der Waals surface area contributed by atoms with E-state index in [0.29, 0.717) is 17.4 Å². The van der Waals surface area contributed by atoms with Crippen LogP contribution in [0.3, 0.4) is 0 Å². The third-order valence-electron chi connectivity index (χ3n) is 2.34. The summed E-state index contributed by atoms with van der Waals surface area (Å²) >= 11 is 4.55. The molecule has 1 amide bonds. The lowest BCUT2D eigenvalue weighted by molar-refractivity contribution is 0.102. The van der Waals surface area contributed by atoms with Crippen LogP contribution in [0.25, 0.3) is 0 Å². The van der Waals surface area contributed by atoms with Gasteiger partial charge in [0.15, 0.2) is 0 Å². The maximum Gasteiger partial charge on any atom is 0.275 e. The second-order valence-corrected chi connectivity index (χ2v) is 5.51. The smallest absolute Gasteiger partial charge is 0.275 e. The number of para-hydroxylation sites is 1. The fourth-order valence-electron chi connectivity index (χ4n) is 1.45. The monoisotopic (exact) mass is 343 g/mol. The molecule has 19 heavy (non-hydrogen) atoms. The van der Waals surface area contributed by atoms with Crippen molar-refractivity contribution >= 4 is 38.9 Å². The van der Waals surface area contributed by atoms with Crippen LogP contribution in [-0.2, 0) is 6.42 Å². The standard InChI is InChI=1S/C12H11BrFN3OS/c13-7-2-1-3-8(14)11(7)17-12(18)9-6-19-10(16-9)4-5-15/h1-3,6H,4-5,15H2,(H,17,18). The number of hydrogen-bond acceptors (Lipinski definition) is 4. The van der Waals surface area contributed by atoms with E-state index in [-0.39, 0.29) is 11.4 Å². The SMILES string of the molecule is NCCc1nc(C(=O)Nc2c(F)cccc2Br)cs1. The summed E-state index contributed by atoms with van der Waals surface area (Å²) in [6, 6.07) is 4.48. The quantitative estimate of drug-likeness (QED) is 0.896. The van der Waals surface area contributed by atoms with Crippen molar-refractivity contribution in [3.63, 3.8) is 0 Å². The number of nitrogens with one attached hydrogen (secondary N) is 1. The predicted molar refractivity (Wildman–Crippen MR) is 76.9 cm³/mol. The fraction of sp³-hybridized carbons (Fsp3) is 0.167. The van der Waals surface area contributed by atoms with Crippen molar-refractivity contribution in [2.45, 2.75) is 6.42 Å². The Morgan fingerprint density at radius 1 is 1.53 bits per heavy atom. The van der Waals surface area contributed by atoms with Gasteiger partial charge in [-0.2, -0.15) is 0 Å². The summed E-state index contributed by atoms with van der Waals surface area (Å²) < 4.78 is 14.1. The highest BCUT2D eigenvalue weighted by Gasteiger charge is 2.14. The Morgan fingerprint density at radius 3 is 3.00 bits per heavy atom. The fourth-order valence-corrected chi connectivity index (χ4v) is 2.68. The van der Waals surface area contributed by atoms with E-state index in [1.54, 1.807) is 17.5 Å². The minimum absolute atomic E-state index is 0.112. The van der Waals surface area contributed by atoms with E-state index in [1.165, 1.54) is 17.4 Å². The number of hydrogen-bond donors (Lipinski definition) is 2. The van der Waals surface area contributed by atoms with Crippen molar-refractivity contribution in [1.29, 1.82) is 0 Å². The Balaban J connectivity index is 2.16. The molecular formula is C12H11BrFN3OS. The molecule has 0 fully saturated rings. The van der Waals surface area contributed by atoms with Gasteiger partial charge in [0.2, 0.25) is 0 Å². The first-order valence-corrected chi connectivity index (χ1v) is 7.19. The molecule has 1 aromatic carbocycles. The summed E-state index contributed by atoms with van der Waals surface area (Å²) in [6.45, 7) is 0.480. The summed E-state index contributed by atoms with van der Waals surface area (Å²) in [5, 5.41) is 4.93. The molecule has 1 heterocycles. The largest absolute Gasteiger partial charge is 0.330 e. The van der Waals surface area contributed by atoms with Crippen molar-refractivity contribution in [3.05, 3.63) is 44.6 Å². The number of halogens is 2. The maximum absolute atomic E-state index is 13.6. The predicted octanol–water partition coefficient (Wildman–Crippen LogP) is 2.80. The number of anilines is 1. The molecule has 0 radical (unpaired) electrons. The van der Waals surface area contributed by atoms with Crippen LogP contribution in [0.15, 0.2) is 28.1 Å². The van der Waals surface area contributed by atoms with Crippen molar-refractivity contribution in [2.24, 2.45) is 5.73 Å². The van der Waals surface area contributed by atoms with Gasteiger partial charge in [0.25, 0.3) is 5.91 Å². The molecule has 0 saturated carbocycles. The van der Waals surface area contributed by atoms with E-state index in [0.717, 1.165) is 5.01 Å². The van der Waals surface area contributed by atoms with E-state index in [2.05, 4.69) is 26.2 Å². The second-order valence-electron chi connectivity index (χ2n) is 3.72. The minimum atomic E-state index is -0.500. The molecule has 1 aromatic heterocycles. The van der Waals surface area contributed by atoms with Crippen LogP contribution in [0.1, 0.15) is 15.5 Å². The number of nitrogens with two attached hydrogens (primary N) is 1. The summed E-state index contributed by atoms with van der Waals surface area (Å²) in [5.74, 6) is -0.939. The number of thiazole rings is 1. The highest BCUT2D eigenvalue weighted by atomic mass is 79.9. The van der Waals surface area contributed by atoms with Crippen LogP contribution in [0.4, 0.5) is 10.1 Å². The molecular weight excluding hydrogens is 333 g/mol. The molecule has 7 heteroatoms. The Bertz CT molecular complexity index is 582. The van der Waals surface area contributed by atoms with Crippen molar-refractivity contribution in [3.8, 4) is 0 Å². The minimum Gasteiger partial charge on any atom is -0.330 e. The van der Waals surface area contributed by atoms with E-state index in [1.807, 2.05) is 0 Å². The molecule has 0 aliphatic carbocycles. The van der Waals surface area contributed by atoms with Gasteiger partial charge < -0.3 is 11.1 Å². The highest BCUT2D eigenvalue weighted by molar-refractivity contribution is 9.10. The molecule has 4 nitrogen and oxygen atoms in total. The molecule has 0 atom stereocenters. The number of amides is 1. The Morgan fingerprint density at radius 2 is 2.32 bits per heavy atom. The number of carbonyl (C=O) groups is 1. The lowest BCUT2D eigenvalue weighted by Crippen LogP contribution is -2.14. The van der Waals surface area contributed by atoms with Gasteiger partial charge in [0.1, 0.15) is 11.5 Å². The van der Waals surface area contributed by atoms with Crippen LogP contribution in [0, 0.1) is 5.82 Å². The number of nitrogens with zero attached hydrogens (tertiary/aromatic N) is 1. The Labute approximate surface area is 122 Å². The number of aromatic nitrogens is 1. The highest BCUT2D eigenvalue weighted by Crippen LogP contribution is 2.25. The first kappa shape index (κ1) is 14.1. The van der Waals surface area contributed by atoms with Gasteiger partial charge in [-0.1, -0.05) is 6.07 Å². The van der Waals surface area contributed by atoms with Crippen LogP contribution >= 0.6 is 27.3 Å². The normalized spacial score (nSPS) is 10.5. The summed E-state index contributed by atoms with van der Waals surface area (Å²) in [5.41, 5.74) is 5.80. The van der Waals surface area contributed by atoms with Crippen LogP contribution in [-0.4, -0.2) is 17.4 Å². The third kappa shape index (κ3) is 3.37. The molecule has 0 spiro atoms. The Hall–Kier alpha value is -1.31. The van der Waals surface area contributed by atoms with Crippen LogP contribution in [0.2, 0.25) is 0 Å². The van der Waals surface area contributed by atoms with Crippen LogP contribution in [0.5, 0.6) is 0 Å². The van der Waals surface area contributed by atoms with Crippen molar-refractivity contribution in [1.82, 2.24) is 4.98 Å². The maximum atomic E-state index is 13.6. The number of carbonyl (C=O) groups excluding carboxylic acids is 1.